The van der Waals surface area contributed by atoms with Gasteiger partial charge in [-0.3, -0.25) is 4.90 Å². The van der Waals surface area contributed by atoms with Crippen LogP contribution < -0.4 is 0 Å². The number of hydrogen-bond acceptors (Lipinski definition) is 3. The highest BCUT2D eigenvalue weighted by molar-refractivity contribution is 5.93. The smallest absolute Gasteiger partial charge is 0.339 e. The van der Waals surface area contributed by atoms with Crippen LogP contribution in [0, 0.1) is 20.8 Å². The first kappa shape index (κ1) is 22.3. The van der Waals surface area contributed by atoms with Crippen LogP contribution in [0.25, 0.3) is 0 Å². The minimum absolute atomic E-state index is 0.0195. The zero-order chi connectivity index (χ0) is 22.5. The summed E-state index contributed by atoms with van der Waals surface area (Å²) in [5.74, 6) is -0.244. The summed E-state index contributed by atoms with van der Waals surface area (Å²) in [4.78, 5) is 16.1. The number of carbonyl (C=O) groups excluding carboxylic acids is 1. The summed E-state index contributed by atoms with van der Waals surface area (Å²) >= 11 is 0. The van der Waals surface area contributed by atoms with Crippen molar-refractivity contribution in [2.75, 3.05) is 13.1 Å². The molecule has 32 heavy (non-hydrogen) atoms. The van der Waals surface area contributed by atoms with E-state index in [4.69, 9.17) is 4.74 Å². The van der Waals surface area contributed by atoms with Gasteiger partial charge in [-0.15, -0.1) is 0 Å². The zero-order valence-corrected chi connectivity index (χ0v) is 19.4. The van der Waals surface area contributed by atoms with E-state index in [9.17, 15) is 4.79 Å². The molecule has 0 N–H and O–H groups in total. The van der Waals surface area contributed by atoms with E-state index >= 15 is 0 Å². The number of likely N-dealkylation sites (tertiary alicyclic amines) is 1. The van der Waals surface area contributed by atoms with Gasteiger partial charge in [0, 0.05) is 0 Å². The minimum Gasteiger partial charge on any atom is -0.452 e. The van der Waals surface area contributed by atoms with Gasteiger partial charge in [-0.05, 0) is 69.0 Å². The molecular weight excluding hydrogens is 394 g/mol. The Morgan fingerprint density at radius 3 is 1.88 bits per heavy atom. The average molecular weight is 428 g/mol. The van der Waals surface area contributed by atoms with Crippen molar-refractivity contribution in [2.24, 2.45) is 0 Å². The molecule has 0 saturated carbocycles. The summed E-state index contributed by atoms with van der Waals surface area (Å²) < 4.78 is 6.41. The van der Waals surface area contributed by atoms with Crippen molar-refractivity contribution in [3.63, 3.8) is 0 Å². The molecule has 2 atom stereocenters. The quantitative estimate of drug-likeness (QED) is 0.408. The Morgan fingerprint density at radius 2 is 1.31 bits per heavy atom. The maximum absolute atomic E-state index is 13.6. The summed E-state index contributed by atoms with van der Waals surface area (Å²) in [5.41, 5.74) is 5.99. The second-order valence-electron chi connectivity index (χ2n) is 8.96. The first-order valence-electron chi connectivity index (χ1n) is 11.7. The van der Waals surface area contributed by atoms with Gasteiger partial charge in [0.05, 0.1) is 11.6 Å². The monoisotopic (exact) mass is 427 g/mol. The molecule has 1 saturated heterocycles. The summed E-state index contributed by atoms with van der Waals surface area (Å²) in [7, 11) is 0. The number of benzene rings is 3. The van der Waals surface area contributed by atoms with Gasteiger partial charge >= 0.3 is 5.97 Å². The molecule has 0 amide bonds. The number of aryl methyl sites for hydroxylation is 3. The van der Waals surface area contributed by atoms with E-state index in [0.717, 1.165) is 35.3 Å². The van der Waals surface area contributed by atoms with E-state index in [2.05, 4.69) is 60.4 Å². The van der Waals surface area contributed by atoms with Crippen molar-refractivity contribution < 1.29 is 9.53 Å². The van der Waals surface area contributed by atoms with Crippen LogP contribution in [0.3, 0.4) is 0 Å². The third-order valence-electron chi connectivity index (χ3n) is 6.46. The molecule has 1 fully saturated rings. The molecule has 0 spiro atoms. The predicted molar refractivity (Wildman–Crippen MR) is 130 cm³/mol. The van der Waals surface area contributed by atoms with E-state index in [1.54, 1.807) is 0 Å². The van der Waals surface area contributed by atoms with Crippen molar-refractivity contribution in [3.05, 3.63) is 106 Å². The Labute approximate surface area is 192 Å². The first-order chi connectivity index (χ1) is 15.5. The Hall–Kier alpha value is -2.91. The maximum atomic E-state index is 13.6. The highest BCUT2D eigenvalue weighted by Gasteiger charge is 2.34. The van der Waals surface area contributed by atoms with Gasteiger partial charge in [-0.2, -0.15) is 0 Å². The van der Waals surface area contributed by atoms with E-state index in [1.165, 1.54) is 24.8 Å². The summed E-state index contributed by atoms with van der Waals surface area (Å²) in [6.07, 6.45) is 3.23. The molecule has 0 unspecified atom stereocenters. The number of piperidine rings is 1. The number of rotatable bonds is 6. The number of ether oxygens (including phenoxy) is 1. The van der Waals surface area contributed by atoms with Gasteiger partial charge in [0.2, 0.25) is 0 Å². The van der Waals surface area contributed by atoms with Crippen molar-refractivity contribution in [1.82, 2.24) is 4.90 Å². The molecule has 3 aromatic carbocycles. The molecular formula is C29H33NO2. The van der Waals surface area contributed by atoms with Gasteiger partial charge < -0.3 is 4.74 Å². The Bertz CT molecular complexity index is 1020. The fourth-order valence-corrected chi connectivity index (χ4v) is 5.06. The number of nitrogens with zero attached hydrogens (tertiary/aromatic N) is 1. The highest BCUT2D eigenvalue weighted by Crippen LogP contribution is 2.39. The molecule has 1 aliphatic rings. The van der Waals surface area contributed by atoms with Crippen molar-refractivity contribution in [1.29, 1.82) is 0 Å². The average Bonchev–Trinajstić information content (AvgIpc) is 2.80. The first-order valence-corrected chi connectivity index (χ1v) is 11.7. The van der Waals surface area contributed by atoms with Gasteiger partial charge in [-0.1, -0.05) is 84.8 Å². The van der Waals surface area contributed by atoms with Crippen molar-refractivity contribution >= 4 is 5.97 Å². The Balaban J connectivity index is 1.76. The largest absolute Gasteiger partial charge is 0.452 e. The van der Waals surface area contributed by atoms with Crippen molar-refractivity contribution in [3.8, 4) is 0 Å². The molecule has 3 aromatic rings. The van der Waals surface area contributed by atoms with Crippen molar-refractivity contribution in [2.45, 2.75) is 52.2 Å². The Morgan fingerprint density at radius 1 is 0.781 bits per heavy atom. The number of hydrogen-bond donors (Lipinski definition) is 0. The molecule has 166 valence electrons. The lowest BCUT2D eigenvalue weighted by atomic mass is 9.92. The fourth-order valence-electron chi connectivity index (χ4n) is 5.06. The van der Waals surface area contributed by atoms with Gasteiger partial charge in [0.15, 0.2) is 0 Å². The highest BCUT2D eigenvalue weighted by atomic mass is 16.5. The SMILES string of the molecule is Cc1cc(C)c(C(=O)O[C@@H](c2ccccc2)[C@H](c2ccccc2)N2CCCCC2)c(C)c1. The van der Waals surface area contributed by atoms with E-state index in [-0.39, 0.29) is 18.1 Å². The molecule has 3 heteroatoms. The molecule has 3 nitrogen and oxygen atoms in total. The lowest BCUT2D eigenvalue weighted by molar-refractivity contribution is -0.00850. The second kappa shape index (κ2) is 10.1. The molecule has 1 aliphatic heterocycles. The lowest BCUT2D eigenvalue weighted by Crippen LogP contribution is -2.38. The molecule has 4 rings (SSSR count). The topological polar surface area (TPSA) is 29.5 Å². The predicted octanol–water partition coefficient (Wildman–Crippen LogP) is 6.74. The zero-order valence-electron chi connectivity index (χ0n) is 19.4. The summed E-state index contributed by atoms with van der Waals surface area (Å²) in [6, 6.07) is 24.8. The lowest BCUT2D eigenvalue weighted by Gasteiger charge is -2.39. The van der Waals surface area contributed by atoms with Crippen LogP contribution in [-0.2, 0) is 4.74 Å². The van der Waals surface area contributed by atoms with Crippen LogP contribution in [0.5, 0.6) is 0 Å². The van der Waals surface area contributed by atoms with Crippen LogP contribution in [0.1, 0.15) is 69.6 Å². The number of carbonyl (C=O) groups is 1. The minimum atomic E-state index is -0.385. The molecule has 0 bridgehead atoms. The van der Waals surface area contributed by atoms with Crippen LogP contribution >= 0.6 is 0 Å². The normalized spacial score (nSPS) is 16.3. The Kier molecular flexibility index (Phi) is 7.06. The third kappa shape index (κ3) is 4.94. The maximum Gasteiger partial charge on any atom is 0.339 e. The van der Waals surface area contributed by atoms with Crippen LogP contribution in [0.2, 0.25) is 0 Å². The second-order valence-corrected chi connectivity index (χ2v) is 8.96. The van der Waals surface area contributed by atoms with E-state index in [0.29, 0.717) is 5.56 Å². The molecule has 0 aliphatic carbocycles. The molecule has 0 aromatic heterocycles. The summed E-state index contributed by atoms with van der Waals surface area (Å²) in [6.45, 7) is 8.08. The molecule has 0 radical (unpaired) electrons. The van der Waals surface area contributed by atoms with Crippen LogP contribution in [0.4, 0.5) is 0 Å². The van der Waals surface area contributed by atoms with E-state index in [1.807, 2.05) is 38.1 Å². The molecule has 1 heterocycles. The van der Waals surface area contributed by atoms with Crippen LogP contribution in [-0.4, -0.2) is 24.0 Å². The third-order valence-corrected chi connectivity index (χ3v) is 6.46. The fraction of sp³-hybridized carbons (Fsp3) is 0.345. The van der Waals surface area contributed by atoms with Crippen LogP contribution in [0.15, 0.2) is 72.8 Å². The standard InChI is InChI=1S/C29H33NO2/c1-21-19-22(2)26(23(3)20-21)29(31)32-28(25-15-9-5-10-16-25)27(24-13-7-4-8-14-24)30-17-11-6-12-18-30/h4-5,7-10,13-16,19-20,27-28H,6,11-12,17-18H2,1-3H3/t27-,28-/m0/s1. The van der Waals surface area contributed by atoms with E-state index < -0.39 is 0 Å². The number of esters is 1. The van der Waals surface area contributed by atoms with Gasteiger partial charge in [-0.25, -0.2) is 4.79 Å². The van der Waals surface area contributed by atoms with Gasteiger partial charge in [0.1, 0.15) is 6.10 Å². The summed E-state index contributed by atoms with van der Waals surface area (Å²) in [5, 5.41) is 0. The van der Waals surface area contributed by atoms with Gasteiger partial charge in [0.25, 0.3) is 0 Å².